The number of aliphatic hydroxyl groups is 2. The lowest BCUT2D eigenvalue weighted by atomic mass is 9.86. The molecule has 2 aliphatic heterocycles. The van der Waals surface area contributed by atoms with Gasteiger partial charge >= 0.3 is 0 Å². The first kappa shape index (κ1) is 23.2. The fourth-order valence-electron chi connectivity index (χ4n) is 4.69. The molecule has 31 heavy (non-hydrogen) atoms. The van der Waals surface area contributed by atoms with Crippen LogP contribution in [-0.4, -0.2) is 64.0 Å². The van der Waals surface area contributed by atoms with Crippen LogP contribution in [0.3, 0.4) is 0 Å². The second kappa shape index (κ2) is 8.59. The van der Waals surface area contributed by atoms with Gasteiger partial charge in [0.1, 0.15) is 0 Å². The van der Waals surface area contributed by atoms with Crippen molar-refractivity contribution in [1.29, 1.82) is 0 Å². The number of hydrazone groups is 1. The van der Waals surface area contributed by atoms with E-state index in [2.05, 4.69) is 24.3 Å². The van der Waals surface area contributed by atoms with Crippen LogP contribution < -0.4 is 10.3 Å². The van der Waals surface area contributed by atoms with Gasteiger partial charge < -0.3 is 20.4 Å². The Bertz CT molecular complexity index is 850. The van der Waals surface area contributed by atoms with E-state index < -0.39 is 35.6 Å². The van der Waals surface area contributed by atoms with Gasteiger partial charge in [-0.3, -0.25) is 14.6 Å². The van der Waals surface area contributed by atoms with Gasteiger partial charge in [0.15, 0.2) is 12.2 Å². The van der Waals surface area contributed by atoms with E-state index in [0.717, 1.165) is 30.6 Å². The van der Waals surface area contributed by atoms with Gasteiger partial charge in [-0.2, -0.15) is 5.10 Å². The number of nitrogens with one attached hydrogen (secondary N) is 1. The molecular weight excluding hydrogens is 396 g/mol. The summed E-state index contributed by atoms with van der Waals surface area (Å²) in [4.78, 5) is 26.9. The summed E-state index contributed by atoms with van der Waals surface area (Å²) in [5.41, 5.74) is 1.27. The number of carbonyl (C=O) groups is 2. The van der Waals surface area contributed by atoms with Crippen LogP contribution in [0.5, 0.6) is 0 Å². The molecule has 0 radical (unpaired) electrons. The summed E-state index contributed by atoms with van der Waals surface area (Å²) in [6.45, 7) is 11.1. The minimum Gasteiger partial charge on any atom is -0.380 e. The average molecular weight is 431 g/mol. The Hall–Kier alpha value is -2.45. The highest BCUT2D eigenvalue weighted by Gasteiger charge is 2.48. The summed E-state index contributed by atoms with van der Waals surface area (Å²) in [6, 6.07) is 7.22. The number of nitrogens with zero attached hydrogens (tertiary/aromatic N) is 3. The molecule has 8 heteroatoms. The van der Waals surface area contributed by atoms with Crippen molar-refractivity contribution in [2.24, 2.45) is 10.5 Å². The van der Waals surface area contributed by atoms with Crippen LogP contribution >= 0.6 is 0 Å². The molecule has 3 atom stereocenters. The number of amides is 2. The van der Waals surface area contributed by atoms with Crippen LogP contribution in [0.25, 0.3) is 0 Å². The summed E-state index contributed by atoms with van der Waals surface area (Å²) in [7, 11) is 0. The molecule has 1 saturated heterocycles. The monoisotopic (exact) mass is 430 g/mol. The third-order valence-electron chi connectivity index (χ3n) is 6.06. The smallest absolute Gasteiger partial charge is 0.255 e. The van der Waals surface area contributed by atoms with Crippen molar-refractivity contribution < 1.29 is 19.8 Å². The van der Waals surface area contributed by atoms with Crippen molar-refractivity contribution in [3.8, 4) is 0 Å². The molecule has 1 aromatic rings. The Morgan fingerprint density at radius 2 is 1.74 bits per heavy atom. The molecule has 2 amide bonds. The lowest BCUT2D eigenvalue weighted by molar-refractivity contribution is -0.156. The Kier molecular flexibility index (Phi) is 6.43. The first-order chi connectivity index (χ1) is 14.4. The Balaban J connectivity index is 1.60. The number of rotatable bonds is 6. The molecule has 3 N–H and O–H groups in total. The Morgan fingerprint density at radius 1 is 1.10 bits per heavy atom. The topological polar surface area (TPSA) is 105 Å². The van der Waals surface area contributed by atoms with Crippen LogP contribution in [0, 0.1) is 5.41 Å². The van der Waals surface area contributed by atoms with Gasteiger partial charge in [-0.05, 0) is 50.3 Å². The third kappa shape index (κ3) is 5.07. The number of benzene rings is 1. The molecule has 2 heterocycles. The summed E-state index contributed by atoms with van der Waals surface area (Å²) < 4.78 is 0. The standard InChI is InChI=1S/C23H34N4O4/c1-15(16-7-9-17(10-8-16)27-12-6-11-24-27)25-20(30)18(28)19(29)21(31)26-14-22(2,3)13-23(26,4)5/h7-11,15,18-19,28-29H,6,12-14H2,1-5H3,(H,25,30)/t15-,18-,19-/m1/s1. The van der Waals surface area contributed by atoms with E-state index in [4.69, 9.17) is 0 Å². The van der Waals surface area contributed by atoms with Crippen LogP contribution in [0.4, 0.5) is 5.69 Å². The first-order valence-electron chi connectivity index (χ1n) is 10.8. The average Bonchev–Trinajstić information content (AvgIpc) is 3.31. The molecule has 0 bridgehead atoms. The van der Waals surface area contributed by atoms with Gasteiger partial charge in [-0.1, -0.05) is 26.0 Å². The van der Waals surface area contributed by atoms with Crippen molar-refractivity contribution in [3.05, 3.63) is 29.8 Å². The predicted molar refractivity (Wildman–Crippen MR) is 120 cm³/mol. The van der Waals surface area contributed by atoms with Crippen molar-refractivity contribution in [2.45, 2.75) is 71.2 Å². The highest BCUT2D eigenvalue weighted by Crippen LogP contribution is 2.41. The maximum Gasteiger partial charge on any atom is 0.255 e. The molecule has 1 aromatic carbocycles. The molecule has 2 aliphatic rings. The highest BCUT2D eigenvalue weighted by molar-refractivity contribution is 5.91. The first-order valence-corrected chi connectivity index (χ1v) is 10.8. The largest absolute Gasteiger partial charge is 0.380 e. The lowest BCUT2D eigenvalue weighted by Crippen LogP contribution is -2.54. The number of anilines is 1. The Morgan fingerprint density at radius 3 is 2.26 bits per heavy atom. The highest BCUT2D eigenvalue weighted by atomic mass is 16.3. The summed E-state index contributed by atoms with van der Waals surface area (Å²) >= 11 is 0. The van der Waals surface area contributed by atoms with Crippen LogP contribution in [0.2, 0.25) is 0 Å². The maximum atomic E-state index is 12.8. The molecule has 0 spiro atoms. The summed E-state index contributed by atoms with van der Waals surface area (Å²) in [5.74, 6) is -1.40. The van der Waals surface area contributed by atoms with E-state index in [0.29, 0.717) is 6.54 Å². The second-order valence-electron chi connectivity index (χ2n) is 10.00. The molecule has 170 valence electrons. The van der Waals surface area contributed by atoms with Gasteiger partial charge in [0.2, 0.25) is 0 Å². The zero-order chi connectivity index (χ0) is 23.0. The molecular formula is C23H34N4O4. The number of aliphatic hydroxyl groups excluding tert-OH is 2. The minimum absolute atomic E-state index is 0.0901. The molecule has 3 rings (SSSR count). The predicted octanol–water partition coefficient (Wildman–Crippen LogP) is 1.82. The van der Waals surface area contributed by atoms with Gasteiger partial charge in [0, 0.05) is 31.3 Å². The second-order valence-corrected chi connectivity index (χ2v) is 10.00. The molecule has 8 nitrogen and oxygen atoms in total. The normalized spacial score (nSPS) is 22.3. The van der Waals surface area contributed by atoms with E-state index in [-0.39, 0.29) is 5.41 Å². The quantitative estimate of drug-likeness (QED) is 0.638. The SMILES string of the molecule is C[C@@H](NC(=O)[C@H](O)[C@@H](O)C(=O)N1CC(C)(C)CC1(C)C)c1ccc(N2CCC=N2)cc1. The molecule has 0 unspecified atom stereocenters. The van der Waals surface area contributed by atoms with Crippen molar-refractivity contribution >= 4 is 23.7 Å². The lowest BCUT2D eigenvalue weighted by Gasteiger charge is -2.34. The number of hydrogen-bond acceptors (Lipinski definition) is 6. The molecule has 0 aliphatic carbocycles. The van der Waals surface area contributed by atoms with Gasteiger partial charge in [0.05, 0.1) is 11.7 Å². The van der Waals surface area contributed by atoms with E-state index in [1.165, 1.54) is 0 Å². The fraction of sp³-hybridized carbons (Fsp3) is 0.609. The molecule has 1 fully saturated rings. The minimum atomic E-state index is -1.84. The zero-order valence-corrected chi connectivity index (χ0v) is 19.0. The van der Waals surface area contributed by atoms with Crippen LogP contribution in [0.15, 0.2) is 29.4 Å². The van der Waals surface area contributed by atoms with Crippen LogP contribution in [-0.2, 0) is 9.59 Å². The van der Waals surface area contributed by atoms with E-state index >= 15 is 0 Å². The van der Waals surface area contributed by atoms with Crippen molar-refractivity contribution in [1.82, 2.24) is 10.2 Å². The summed E-state index contributed by atoms with van der Waals surface area (Å²) in [6.07, 6.45) is -0.0893. The molecule has 0 aromatic heterocycles. The zero-order valence-electron chi connectivity index (χ0n) is 19.0. The Labute approximate surface area is 183 Å². The number of hydrogen-bond donors (Lipinski definition) is 3. The third-order valence-corrected chi connectivity index (χ3v) is 6.06. The van der Waals surface area contributed by atoms with Gasteiger partial charge in [-0.25, -0.2) is 0 Å². The van der Waals surface area contributed by atoms with Crippen molar-refractivity contribution in [2.75, 3.05) is 18.1 Å². The van der Waals surface area contributed by atoms with E-state index in [1.807, 2.05) is 49.3 Å². The van der Waals surface area contributed by atoms with Gasteiger partial charge in [0.25, 0.3) is 11.8 Å². The number of likely N-dealkylation sites (tertiary alicyclic amines) is 1. The van der Waals surface area contributed by atoms with E-state index in [9.17, 15) is 19.8 Å². The molecule has 0 saturated carbocycles. The van der Waals surface area contributed by atoms with Crippen molar-refractivity contribution in [3.63, 3.8) is 0 Å². The number of carbonyl (C=O) groups excluding carboxylic acids is 2. The fourth-order valence-corrected chi connectivity index (χ4v) is 4.69. The van der Waals surface area contributed by atoms with Gasteiger partial charge in [-0.15, -0.1) is 0 Å². The maximum absolute atomic E-state index is 12.8. The van der Waals surface area contributed by atoms with E-state index in [1.54, 1.807) is 11.8 Å². The van der Waals surface area contributed by atoms with Crippen LogP contribution in [0.1, 0.15) is 59.1 Å². The summed E-state index contributed by atoms with van der Waals surface area (Å²) in [5, 5.41) is 29.7.